The molecule has 0 spiro atoms. The van der Waals surface area contributed by atoms with Crippen LogP contribution in [0.25, 0.3) is 0 Å². The van der Waals surface area contributed by atoms with Crippen molar-refractivity contribution in [3.05, 3.63) is 27.5 Å². The van der Waals surface area contributed by atoms with Gasteiger partial charge in [0.15, 0.2) is 0 Å². The summed E-state index contributed by atoms with van der Waals surface area (Å²) in [6.07, 6.45) is 0. The second-order valence-corrected chi connectivity index (χ2v) is 3.80. The Kier molecular flexibility index (Phi) is 3.07. The van der Waals surface area contributed by atoms with E-state index in [0.29, 0.717) is 0 Å². The van der Waals surface area contributed by atoms with Crippen LogP contribution in [-0.4, -0.2) is 4.98 Å². The molecule has 0 radical (unpaired) electrons. The molecule has 60 valence electrons. The first kappa shape index (κ1) is 9.20. The molecule has 0 fully saturated rings. The van der Waals surface area contributed by atoms with Crippen LogP contribution in [0.5, 0.6) is 0 Å². The van der Waals surface area contributed by atoms with Gasteiger partial charge in [0.2, 0.25) is 0 Å². The minimum Gasteiger partial charge on any atom is -0.246 e. The normalized spacial score (nSPS) is 10.2. The molecule has 0 atom stereocenters. The van der Waals surface area contributed by atoms with Crippen molar-refractivity contribution in [1.29, 1.82) is 0 Å². The van der Waals surface area contributed by atoms with Crippen molar-refractivity contribution in [2.45, 2.75) is 19.2 Å². The fourth-order valence-electron chi connectivity index (χ4n) is 0.978. The molecule has 3 heteroatoms. The van der Waals surface area contributed by atoms with Gasteiger partial charge in [0.25, 0.3) is 0 Å². The van der Waals surface area contributed by atoms with E-state index < -0.39 is 0 Å². The third kappa shape index (κ3) is 2.03. The summed E-state index contributed by atoms with van der Waals surface area (Å²) in [6.45, 7) is 4.09. The van der Waals surface area contributed by atoms with E-state index in [9.17, 15) is 0 Å². The smallest absolute Gasteiger partial charge is 0.110 e. The van der Waals surface area contributed by atoms with Crippen molar-refractivity contribution in [3.63, 3.8) is 0 Å². The molecule has 0 N–H and O–H groups in total. The zero-order valence-corrected chi connectivity index (χ0v) is 9.66. The molecule has 0 aromatic carbocycles. The molecular formula is C8H9Br2N. The third-order valence-electron chi connectivity index (χ3n) is 1.56. The number of aromatic nitrogens is 1. The molecule has 1 heterocycles. The number of halogens is 2. The van der Waals surface area contributed by atoms with Gasteiger partial charge in [-0.25, -0.2) is 4.98 Å². The fourth-order valence-corrected chi connectivity index (χ4v) is 2.79. The van der Waals surface area contributed by atoms with E-state index in [1.165, 1.54) is 11.1 Å². The Morgan fingerprint density at radius 2 is 2.09 bits per heavy atom. The second kappa shape index (κ2) is 3.68. The summed E-state index contributed by atoms with van der Waals surface area (Å²) in [5.74, 6) is 0. The lowest BCUT2D eigenvalue weighted by molar-refractivity contribution is 1.10. The molecule has 11 heavy (non-hydrogen) atoms. The van der Waals surface area contributed by atoms with E-state index in [-0.39, 0.29) is 0 Å². The van der Waals surface area contributed by atoms with Crippen LogP contribution in [0.4, 0.5) is 0 Å². The SMILES string of the molecule is Cc1cc(C)c(CBr)c(Br)n1. The minimum atomic E-state index is 0.854. The van der Waals surface area contributed by atoms with E-state index in [4.69, 9.17) is 0 Å². The lowest BCUT2D eigenvalue weighted by Gasteiger charge is -2.04. The molecule has 1 aromatic rings. The monoisotopic (exact) mass is 277 g/mol. The molecule has 0 unspecified atom stereocenters. The van der Waals surface area contributed by atoms with Crippen LogP contribution in [-0.2, 0) is 5.33 Å². The number of hydrogen-bond donors (Lipinski definition) is 0. The maximum absolute atomic E-state index is 4.29. The van der Waals surface area contributed by atoms with Crippen molar-refractivity contribution >= 4 is 31.9 Å². The number of rotatable bonds is 1. The Morgan fingerprint density at radius 1 is 1.45 bits per heavy atom. The van der Waals surface area contributed by atoms with Crippen molar-refractivity contribution in [3.8, 4) is 0 Å². The van der Waals surface area contributed by atoms with Crippen molar-refractivity contribution in [2.24, 2.45) is 0 Å². The van der Waals surface area contributed by atoms with Gasteiger partial charge in [0, 0.05) is 11.0 Å². The van der Waals surface area contributed by atoms with Gasteiger partial charge in [-0.3, -0.25) is 0 Å². The molecule has 1 aromatic heterocycles. The maximum atomic E-state index is 4.29. The summed E-state index contributed by atoms with van der Waals surface area (Å²) < 4.78 is 0.951. The number of aryl methyl sites for hydroxylation is 2. The predicted octanol–water partition coefficient (Wildman–Crippen LogP) is 3.36. The Bertz CT molecular complexity index is 248. The molecule has 0 aliphatic carbocycles. The summed E-state index contributed by atoms with van der Waals surface area (Å²) in [7, 11) is 0. The first-order chi connectivity index (χ1) is 5.15. The summed E-state index contributed by atoms with van der Waals surface area (Å²) >= 11 is 6.83. The van der Waals surface area contributed by atoms with Crippen LogP contribution in [0.3, 0.4) is 0 Å². The van der Waals surface area contributed by atoms with Crippen LogP contribution < -0.4 is 0 Å². The lowest BCUT2D eigenvalue weighted by Crippen LogP contribution is -1.92. The van der Waals surface area contributed by atoms with Crippen molar-refractivity contribution in [2.75, 3.05) is 0 Å². The van der Waals surface area contributed by atoms with Crippen molar-refractivity contribution in [1.82, 2.24) is 4.98 Å². The van der Waals surface area contributed by atoms with E-state index in [0.717, 1.165) is 15.6 Å². The first-order valence-electron chi connectivity index (χ1n) is 3.33. The highest BCUT2D eigenvalue weighted by Gasteiger charge is 2.03. The highest BCUT2D eigenvalue weighted by Crippen LogP contribution is 2.21. The van der Waals surface area contributed by atoms with Gasteiger partial charge in [-0.2, -0.15) is 0 Å². The Morgan fingerprint density at radius 3 is 2.55 bits per heavy atom. The summed E-state index contributed by atoms with van der Waals surface area (Å²) in [4.78, 5) is 4.29. The Labute approximate surface area is 83.5 Å². The summed E-state index contributed by atoms with van der Waals surface area (Å²) in [6, 6.07) is 2.08. The third-order valence-corrected chi connectivity index (χ3v) is 2.78. The molecule has 0 amide bonds. The van der Waals surface area contributed by atoms with Crippen LogP contribution in [0.1, 0.15) is 16.8 Å². The molecule has 0 aliphatic heterocycles. The van der Waals surface area contributed by atoms with Crippen LogP contribution in [0.2, 0.25) is 0 Å². The van der Waals surface area contributed by atoms with Crippen LogP contribution >= 0.6 is 31.9 Å². The van der Waals surface area contributed by atoms with Crippen LogP contribution in [0.15, 0.2) is 10.7 Å². The van der Waals surface area contributed by atoms with Gasteiger partial charge < -0.3 is 0 Å². The topological polar surface area (TPSA) is 12.9 Å². The van der Waals surface area contributed by atoms with Gasteiger partial charge in [0.1, 0.15) is 4.60 Å². The summed E-state index contributed by atoms with van der Waals surface area (Å²) in [5, 5.41) is 0.854. The largest absolute Gasteiger partial charge is 0.246 e. The molecule has 0 saturated heterocycles. The fraction of sp³-hybridized carbons (Fsp3) is 0.375. The average Bonchev–Trinajstić information content (AvgIpc) is 1.85. The standard InChI is InChI=1S/C8H9Br2N/c1-5-3-6(2)11-8(10)7(5)4-9/h3H,4H2,1-2H3. The van der Waals surface area contributed by atoms with Crippen molar-refractivity contribution < 1.29 is 0 Å². The second-order valence-electron chi connectivity index (χ2n) is 2.48. The Hall–Kier alpha value is 0.110. The molecule has 1 rings (SSSR count). The minimum absolute atomic E-state index is 0.854. The number of alkyl halides is 1. The quantitative estimate of drug-likeness (QED) is 0.567. The lowest BCUT2D eigenvalue weighted by atomic mass is 10.2. The van der Waals surface area contributed by atoms with E-state index in [2.05, 4.69) is 49.8 Å². The molecule has 1 nitrogen and oxygen atoms in total. The average molecular weight is 279 g/mol. The van der Waals surface area contributed by atoms with Gasteiger partial charge in [-0.15, -0.1) is 0 Å². The highest BCUT2D eigenvalue weighted by atomic mass is 79.9. The number of nitrogens with zero attached hydrogens (tertiary/aromatic N) is 1. The first-order valence-corrected chi connectivity index (χ1v) is 5.25. The van der Waals surface area contributed by atoms with E-state index in [1.54, 1.807) is 0 Å². The van der Waals surface area contributed by atoms with E-state index in [1.807, 2.05) is 6.92 Å². The number of hydrogen-bond acceptors (Lipinski definition) is 1. The zero-order chi connectivity index (χ0) is 8.43. The Balaban J connectivity index is 3.25. The van der Waals surface area contributed by atoms with Gasteiger partial charge >= 0.3 is 0 Å². The zero-order valence-electron chi connectivity index (χ0n) is 6.49. The predicted molar refractivity (Wildman–Crippen MR) is 54.0 cm³/mol. The summed E-state index contributed by atoms with van der Waals surface area (Å²) in [5.41, 5.74) is 3.57. The highest BCUT2D eigenvalue weighted by molar-refractivity contribution is 9.10. The molecule has 0 bridgehead atoms. The molecular weight excluding hydrogens is 270 g/mol. The van der Waals surface area contributed by atoms with E-state index >= 15 is 0 Å². The maximum Gasteiger partial charge on any atom is 0.110 e. The molecule has 0 saturated carbocycles. The van der Waals surface area contributed by atoms with Gasteiger partial charge in [-0.05, 0) is 47.0 Å². The van der Waals surface area contributed by atoms with Gasteiger partial charge in [-0.1, -0.05) is 15.9 Å². The number of pyridine rings is 1. The molecule has 0 aliphatic rings. The van der Waals surface area contributed by atoms with Gasteiger partial charge in [0.05, 0.1) is 0 Å². The van der Waals surface area contributed by atoms with Crippen LogP contribution in [0, 0.1) is 13.8 Å².